The molecule has 0 aliphatic rings. The minimum Gasteiger partial charge on any atom is -0.340 e. The first-order valence-electron chi connectivity index (χ1n) is 8.86. The zero-order valence-corrected chi connectivity index (χ0v) is 18.0. The van der Waals surface area contributed by atoms with Gasteiger partial charge in [0.25, 0.3) is 0 Å². The van der Waals surface area contributed by atoms with Crippen molar-refractivity contribution in [1.29, 1.82) is 0 Å². The molecule has 4 aromatic rings. The van der Waals surface area contributed by atoms with Crippen LogP contribution in [-0.4, -0.2) is 27.0 Å². The summed E-state index contributed by atoms with van der Waals surface area (Å²) in [5.41, 5.74) is 3.73. The van der Waals surface area contributed by atoms with E-state index in [1.54, 1.807) is 6.20 Å². The molecule has 2 aromatic heterocycles. The minimum absolute atomic E-state index is 0.0406. The summed E-state index contributed by atoms with van der Waals surface area (Å²) in [4.78, 5) is 6.02. The van der Waals surface area contributed by atoms with Gasteiger partial charge in [0.1, 0.15) is 5.82 Å². The molecule has 1 unspecified atom stereocenters. The molecule has 0 bridgehead atoms. The summed E-state index contributed by atoms with van der Waals surface area (Å²) in [5.74, 6) is 0.858. The van der Waals surface area contributed by atoms with Gasteiger partial charge < -0.3 is 5.32 Å². The lowest BCUT2D eigenvalue weighted by Crippen LogP contribution is -2.03. The molecule has 2 N–H and O–H groups in total. The average Bonchev–Trinajstić information content (AvgIpc) is 3.12. The molecular formula is C21H20BrN5S. The third kappa shape index (κ3) is 3.73. The monoisotopic (exact) mass is 453 g/mol. The molecule has 142 valence electrons. The Morgan fingerprint density at radius 2 is 1.82 bits per heavy atom. The molecule has 2 aromatic carbocycles. The largest absolute Gasteiger partial charge is 0.340 e. The highest BCUT2D eigenvalue weighted by molar-refractivity contribution is 9.10. The maximum atomic E-state index is 4.77. The molecule has 0 saturated heterocycles. The van der Waals surface area contributed by atoms with E-state index in [2.05, 4.69) is 79.8 Å². The molecule has 0 aliphatic heterocycles. The third-order valence-corrected chi connectivity index (χ3v) is 6.59. The van der Waals surface area contributed by atoms with Crippen LogP contribution in [0.3, 0.4) is 0 Å². The van der Waals surface area contributed by atoms with Crippen LogP contribution >= 0.6 is 26.6 Å². The summed E-state index contributed by atoms with van der Waals surface area (Å²) >= 11 is 3.55. The van der Waals surface area contributed by atoms with Crippen LogP contribution in [0.4, 0.5) is 11.5 Å². The van der Waals surface area contributed by atoms with Gasteiger partial charge in [-0.2, -0.15) is 9.61 Å². The van der Waals surface area contributed by atoms with Gasteiger partial charge in [0.05, 0.1) is 16.4 Å². The SMILES string of the molecule is C/C=S(\NC)c1ccc(Nc2cc(-c3ccccc3)nc3c(Br)cnn23)cc1. The lowest BCUT2D eigenvalue weighted by Gasteiger charge is -2.12. The number of hydrogen-bond donors (Lipinski definition) is 2. The lowest BCUT2D eigenvalue weighted by atomic mass is 10.1. The third-order valence-electron chi connectivity index (χ3n) is 4.33. The molecule has 0 spiro atoms. The van der Waals surface area contributed by atoms with Gasteiger partial charge in [-0.3, -0.25) is 4.72 Å². The van der Waals surface area contributed by atoms with Crippen molar-refractivity contribution in [3.63, 3.8) is 0 Å². The van der Waals surface area contributed by atoms with Crippen molar-refractivity contribution >= 4 is 49.1 Å². The van der Waals surface area contributed by atoms with Crippen molar-refractivity contribution in [2.75, 3.05) is 12.4 Å². The number of fused-ring (bicyclic) bond motifs is 1. The first-order valence-corrected chi connectivity index (χ1v) is 10.9. The van der Waals surface area contributed by atoms with Crippen molar-refractivity contribution in [3.8, 4) is 11.3 Å². The number of nitrogens with one attached hydrogen (secondary N) is 2. The molecule has 5 nitrogen and oxygen atoms in total. The average molecular weight is 454 g/mol. The topological polar surface area (TPSA) is 54.2 Å². The predicted octanol–water partition coefficient (Wildman–Crippen LogP) is 5.49. The van der Waals surface area contributed by atoms with Gasteiger partial charge in [-0.1, -0.05) is 41.0 Å². The van der Waals surface area contributed by atoms with Crippen LogP contribution in [0, 0.1) is 0 Å². The molecule has 1 atom stereocenters. The van der Waals surface area contributed by atoms with Crippen LogP contribution in [0.1, 0.15) is 6.92 Å². The molecular weight excluding hydrogens is 434 g/mol. The Labute approximate surface area is 175 Å². The molecule has 0 aliphatic carbocycles. The van der Waals surface area contributed by atoms with E-state index in [1.165, 1.54) is 4.90 Å². The van der Waals surface area contributed by atoms with E-state index in [0.717, 1.165) is 32.9 Å². The number of benzene rings is 2. The fourth-order valence-corrected chi connectivity index (χ4v) is 4.51. The normalized spacial score (nSPS) is 12.4. The minimum atomic E-state index is -0.0406. The Bertz CT molecular complexity index is 1140. The van der Waals surface area contributed by atoms with Crippen LogP contribution in [-0.2, 0) is 0 Å². The summed E-state index contributed by atoms with van der Waals surface area (Å²) in [6.45, 7) is 2.07. The molecule has 2 heterocycles. The highest BCUT2D eigenvalue weighted by Gasteiger charge is 2.12. The lowest BCUT2D eigenvalue weighted by molar-refractivity contribution is 0.949. The van der Waals surface area contributed by atoms with E-state index in [4.69, 9.17) is 4.98 Å². The van der Waals surface area contributed by atoms with Crippen LogP contribution in [0.15, 0.2) is 76.2 Å². The predicted molar refractivity (Wildman–Crippen MR) is 123 cm³/mol. The maximum absolute atomic E-state index is 4.77. The number of hydrogen-bond acceptors (Lipinski definition) is 4. The highest BCUT2D eigenvalue weighted by atomic mass is 79.9. The van der Waals surface area contributed by atoms with Crippen molar-refractivity contribution in [1.82, 2.24) is 19.3 Å². The first-order chi connectivity index (χ1) is 13.7. The molecule has 0 radical (unpaired) electrons. The number of nitrogens with zero attached hydrogens (tertiary/aromatic N) is 3. The Hall–Kier alpha value is -2.48. The van der Waals surface area contributed by atoms with E-state index in [0.29, 0.717) is 0 Å². The number of aromatic nitrogens is 3. The number of anilines is 2. The molecule has 28 heavy (non-hydrogen) atoms. The van der Waals surface area contributed by atoms with E-state index in [-0.39, 0.29) is 10.7 Å². The Balaban J connectivity index is 1.74. The zero-order valence-electron chi connectivity index (χ0n) is 15.6. The van der Waals surface area contributed by atoms with E-state index < -0.39 is 0 Å². The van der Waals surface area contributed by atoms with Gasteiger partial charge in [-0.25, -0.2) is 4.98 Å². The van der Waals surface area contributed by atoms with Gasteiger partial charge in [0, 0.05) is 22.2 Å². The molecule has 4 rings (SSSR count). The summed E-state index contributed by atoms with van der Waals surface area (Å²) in [7, 11) is 1.94. The van der Waals surface area contributed by atoms with E-state index in [1.807, 2.05) is 35.8 Å². The van der Waals surface area contributed by atoms with Crippen molar-refractivity contribution in [3.05, 3.63) is 71.3 Å². The maximum Gasteiger partial charge on any atom is 0.172 e. The van der Waals surface area contributed by atoms with Crippen molar-refractivity contribution in [2.45, 2.75) is 11.8 Å². The summed E-state index contributed by atoms with van der Waals surface area (Å²) in [6, 6.07) is 20.6. The van der Waals surface area contributed by atoms with Crippen LogP contribution in [0.2, 0.25) is 0 Å². The van der Waals surface area contributed by atoms with Crippen LogP contribution < -0.4 is 10.0 Å². The summed E-state index contributed by atoms with van der Waals surface area (Å²) in [6.07, 6.45) is 1.76. The first kappa shape index (κ1) is 18.9. The Morgan fingerprint density at radius 3 is 2.50 bits per heavy atom. The fourth-order valence-electron chi connectivity index (χ4n) is 2.99. The van der Waals surface area contributed by atoms with Gasteiger partial charge in [0.2, 0.25) is 0 Å². The summed E-state index contributed by atoms with van der Waals surface area (Å²) < 4.78 is 5.98. The number of halogens is 1. The Morgan fingerprint density at radius 1 is 1.07 bits per heavy atom. The molecule has 0 fully saturated rings. The van der Waals surface area contributed by atoms with E-state index >= 15 is 0 Å². The second-order valence-corrected chi connectivity index (χ2v) is 8.93. The zero-order chi connectivity index (χ0) is 19.5. The van der Waals surface area contributed by atoms with Gasteiger partial charge >= 0.3 is 0 Å². The van der Waals surface area contributed by atoms with Crippen molar-refractivity contribution < 1.29 is 0 Å². The molecule has 7 heteroatoms. The fraction of sp³-hybridized carbons (Fsp3) is 0.0952. The van der Waals surface area contributed by atoms with E-state index in [9.17, 15) is 0 Å². The quantitative estimate of drug-likeness (QED) is 0.392. The summed E-state index contributed by atoms with van der Waals surface area (Å²) in [5, 5.41) is 10.1. The van der Waals surface area contributed by atoms with Crippen molar-refractivity contribution in [2.24, 2.45) is 0 Å². The second kappa shape index (κ2) is 8.26. The molecule has 0 saturated carbocycles. The molecule has 0 amide bonds. The van der Waals surface area contributed by atoms with Gasteiger partial charge in [0.15, 0.2) is 5.65 Å². The van der Waals surface area contributed by atoms with Crippen LogP contribution in [0.25, 0.3) is 16.9 Å². The Kier molecular flexibility index (Phi) is 5.57. The van der Waals surface area contributed by atoms with Gasteiger partial charge in [-0.15, -0.1) is 0 Å². The van der Waals surface area contributed by atoms with Crippen LogP contribution in [0.5, 0.6) is 0 Å². The van der Waals surface area contributed by atoms with Gasteiger partial charge in [-0.05, 0) is 59.5 Å². The smallest absolute Gasteiger partial charge is 0.172 e. The second-order valence-electron chi connectivity index (χ2n) is 6.05. The highest BCUT2D eigenvalue weighted by Crippen LogP contribution is 2.29. The standard InChI is InChI=1S/C21H20BrN5S/c1-3-28(23-2)17-11-9-16(10-12-17)25-20-13-19(15-7-5-4-6-8-15)26-21-18(22)14-24-27(20)21/h3-14,23,25H,1-2H3. The number of rotatable bonds is 5.